The van der Waals surface area contributed by atoms with Gasteiger partial charge in [0.1, 0.15) is 6.04 Å². The van der Waals surface area contributed by atoms with Gasteiger partial charge in [-0.25, -0.2) is 0 Å². The fourth-order valence-corrected chi connectivity index (χ4v) is 5.19. The van der Waals surface area contributed by atoms with Gasteiger partial charge in [0, 0.05) is 6.54 Å². The van der Waals surface area contributed by atoms with Crippen molar-refractivity contribution < 1.29 is 9.32 Å². The van der Waals surface area contributed by atoms with Crippen molar-refractivity contribution >= 4 is 0 Å². The standard InChI is InChI=1S/C17H16N2O.C16H36N/c18-12-17-16-9-5-4-8-15(16)10-11-19(17)20-13-14-6-2-1-3-7-14;1-5-9-13-17(14-10-6-2,15-11-7-3)16-12-8-4/h1-9,17H,10-11,13H2;5-16H2,1-4H3/q;+1. The molecule has 0 radical (unpaired) electrons. The summed E-state index contributed by atoms with van der Waals surface area (Å²) in [5.74, 6) is 0. The fraction of sp³-hybridized carbons (Fsp3) is 0.606. The number of rotatable bonds is 15. The smallest absolute Gasteiger partial charge is 0.147 e. The van der Waals surface area contributed by atoms with Crippen LogP contribution in [0.15, 0.2) is 54.6 Å². The Kier molecular flexibility index (Phi) is 15.2. The lowest BCUT2D eigenvalue weighted by Crippen LogP contribution is -2.50. The molecule has 0 spiro atoms. The Morgan fingerprint density at radius 3 is 1.81 bits per heavy atom. The van der Waals surface area contributed by atoms with Gasteiger partial charge >= 0.3 is 0 Å². The first-order chi connectivity index (χ1) is 18.1. The van der Waals surface area contributed by atoms with E-state index in [0.29, 0.717) is 6.61 Å². The van der Waals surface area contributed by atoms with Crippen molar-refractivity contribution in [3.05, 3.63) is 71.3 Å². The summed E-state index contributed by atoms with van der Waals surface area (Å²) < 4.78 is 1.42. The SMILES string of the molecule is CCCC[N+](CCCC)(CCCC)CCCC.N#CC1c2ccccc2CCN1OCc1ccccc1. The Morgan fingerprint density at radius 1 is 0.784 bits per heavy atom. The first-order valence-electron chi connectivity index (χ1n) is 14.9. The van der Waals surface area contributed by atoms with Crippen LogP contribution in [0.4, 0.5) is 0 Å². The van der Waals surface area contributed by atoms with Crippen LogP contribution in [-0.4, -0.2) is 42.3 Å². The van der Waals surface area contributed by atoms with Crippen LogP contribution in [0.2, 0.25) is 0 Å². The molecule has 0 bridgehead atoms. The van der Waals surface area contributed by atoms with Crippen LogP contribution in [0.3, 0.4) is 0 Å². The topological polar surface area (TPSA) is 36.3 Å². The monoisotopic (exact) mass is 506 g/mol. The third-order valence-electron chi connectivity index (χ3n) is 7.55. The van der Waals surface area contributed by atoms with Gasteiger partial charge in [0.25, 0.3) is 0 Å². The van der Waals surface area contributed by atoms with Gasteiger partial charge in [-0.05, 0) is 48.8 Å². The molecule has 1 heterocycles. The van der Waals surface area contributed by atoms with Gasteiger partial charge in [0.05, 0.1) is 38.9 Å². The number of quaternary nitrogens is 1. The van der Waals surface area contributed by atoms with Crippen molar-refractivity contribution in [2.24, 2.45) is 0 Å². The number of fused-ring (bicyclic) bond motifs is 1. The zero-order valence-electron chi connectivity index (χ0n) is 24.1. The predicted octanol–water partition coefficient (Wildman–Crippen LogP) is 8.24. The van der Waals surface area contributed by atoms with Crippen molar-refractivity contribution in [1.82, 2.24) is 5.06 Å². The molecule has 4 nitrogen and oxygen atoms in total. The summed E-state index contributed by atoms with van der Waals surface area (Å²) in [6.07, 6.45) is 12.0. The van der Waals surface area contributed by atoms with Crippen LogP contribution in [0, 0.1) is 11.3 Å². The first kappa shape index (κ1) is 31.0. The van der Waals surface area contributed by atoms with Crippen LogP contribution >= 0.6 is 0 Å². The van der Waals surface area contributed by atoms with E-state index in [2.05, 4.69) is 39.8 Å². The molecule has 0 aliphatic carbocycles. The van der Waals surface area contributed by atoms with E-state index < -0.39 is 0 Å². The van der Waals surface area contributed by atoms with Crippen LogP contribution in [0.5, 0.6) is 0 Å². The molecule has 0 saturated carbocycles. The summed E-state index contributed by atoms with van der Waals surface area (Å²) in [5, 5.41) is 11.2. The summed E-state index contributed by atoms with van der Waals surface area (Å²) in [6, 6.07) is 20.2. The van der Waals surface area contributed by atoms with Crippen LogP contribution < -0.4 is 0 Å². The van der Waals surface area contributed by atoms with Crippen LogP contribution in [-0.2, 0) is 17.9 Å². The highest BCUT2D eigenvalue weighted by Crippen LogP contribution is 2.29. The Labute approximate surface area is 227 Å². The average Bonchev–Trinajstić information content (AvgIpc) is 2.95. The lowest BCUT2D eigenvalue weighted by Gasteiger charge is -2.39. The molecule has 4 heteroatoms. The zero-order chi connectivity index (χ0) is 26.8. The molecular formula is C33H52N3O+. The van der Waals surface area contributed by atoms with Crippen molar-refractivity contribution in [2.45, 2.75) is 98.1 Å². The van der Waals surface area contributed by atoms with Gasteiger partial charge in [-0.1, -0.05) is 108 Å². The molecule has 2 aromatic rings. The molecule has 1 atom stereocenters. The van der Waals surface area contributed by atoms with Crippen molar-refractivity contribution in [3.8, 4) is 6.07 Å². The molecule has 0 saturated heterocycles. The third kappa shape index (κ3) is 10.6. The molecular weight excluding hydrogens is 454 g/mol. The van der Waals surface area contributed by atoms with Crippen LogP contribution in [0.1, 0.15) is 102 Å². The predicted molar refractivity (Wildman–Crippen MR) is 156 cm³/mol. The highest BCUT2D eigenvalue weighted by molar-refractivity contribution is 5.35. The number of unbranched alkanes of at least 4 members (excludes halogenated alkanes) is 4. The van der Waals surface area contributed by atoms with Crippen molar-refractivity contribution in [2.75, 3.05) is 32.7 Å². The molecule has 2 aromatic carbocycles. The number of nitriles is 1. The van der Waals surface area contributed by atoms with E-state index in [1.165, 1.54) is 87.6 Å². The zero-order valence-corrected chi connectivity index (χ0v) is 24.1. The molecule has 1 aliphatic heterocycles. The van der Waals surface area contributed by atoms with Gasteiger partial charge in [0.2, 0.25) is 0 Å². The van der Waals surface area contributed by atoms with E-state index in [0.717, 1.165) is 24.1 Å². The normalized spacial score (nSPS) is 15.4. The molecule has 0 N–H and O–H groups in total. The summed E-state index contributed by atoms with van der Waals surface area (Å²) in [7, 11) is 0. The lowest BCUT2D eigenvalue weighted by atomic mass is 9.95. The highest BCUT2D eigenvalue weighted by atomic mass is 16.7. The summed E-state index contributed by atoms with van der Waals surface area (Å²) >= 11 is 0. The number of benzene rings is 2. The molecule has 1 aliphatic rings. The second-order valence-electron chi connectivity index (χ2n) is 10.5. The van der Waals surface area contributed by atoms with Gasteiger partial charge in [0.15, 0.2) is 0 Å². The van der Waals surface area contributed by atoms with Crippen molar-refractivity contribution in [3.63, 3.8) is 0 Å². The van der Waals surface area contributed by atoms with E-state index >= 15 is 0 Å². The Morgan fingerprint density at radius 2 is 1.30 bits per heavy atom. The average molecular weight is 507 g/mol. The maximum absolute atomic E-state index is 9.43. The van der Waals surface area contributed by atoms with Gasteiger partial charge in [-0.15, -0.1) is 0 Å². The number of hydrogen-bond acceptors (Lipinski definition) is 3. The third-order valence-corrected chi connectivity index (χ3v) is 7.55. The Bertz CT molecular complexity index is 854. The van der Waals surface area contributed by atoms with E-state index in [1.807, 2.05) is 48.5 Å². The molecule has 1 unspecified atom stereocenters. The Hall–Kier alpha value is -2.19. The highest BCUT2D eigenvalue weighted by Gasteiger charge is 2.28. The lowest BCUT2D eigenvalue weighted by molar-refractivity contribution is -0.929. The molecule has 204 valence electrons. The number of hydroxylamine groups is 2. The molecule has 37 heavy (non-hydrogen) atoms. The van der Waals surface area contributed by atoms with E-state index in [4.69, 9.17) is 4.84 Å². The van der Waals surface area contributed by atoms with E-state index in [1.54, 1.807) is 5.06 Å². The van der Waals surface area contributed by atoms with E-state index in [9.17, 15) is 5.26 Å². The molecule has 0 fully saturated rings. The first-order valence-corrected chi connectivity index (χ1v) is 14.9. The quantitative estimate of drug-likeness (QED) is 0.228. The van der Waals surface area contributed by atoms with Gasteiger partial charge in [-0.2, -0.15) is 10.3 Å². The fourth-order valence-electron chi connectivity index (χ4n) is 5.19. The summed E-state index contributed by atoms with van der Waals surface area (Å²) in [5.41, 5.74) is 3.43. The largest absolute Gasteiger partial charge is 0.324 e. The minimum Gasteiger partial charge on any atom is -0.324 e. The summed E-state index contributed by atoms with van der Waals surface area (Å²) in [4.78, 5) is 5.84. The van der Waals surface area contributed by atoms with Gasteiger partial charge in [-0.3, -0.25) is 4.84 Å². The van der Waals surface area contributed by atoms with Crippen molar-refractivity contribution in [1.29, 1.82) is 5.26 Å². The molecule has 3 rings (SSSR count). The second kappa shape index (κ2) is 18.1. The maximum Gasteiger partial charge on any atom is 0.147 e. The molecule has 0 amide bonds. The number of nitrogens with zero attached hydrogens (tertiary/aromatic N) is 3. The van der Waals surface area contributed by atoms with Crippen LogP contribution in [0.25, 0.3) is 0 Å². The summed E-state index contributed by atoms with van der Waals surface area (Å²) in [6.45, 7) is 16.3. The van der Waals surface area contributed by atoms with Gasteiger partial charge < -0.3 is 4.48 Å². The molecule has 0 aromatic heterocycles. The number of hydrogen-bond donors (Lipinski definition) is 0. The minimum atomic E-state index is -0.316. The minimum absolute atomic E-state index is 0.316. The Balaban J connectivity index is 0.000000265. The van der Waals surface area contributed by atoms with E-state index in [-0.39, 0.29) is 6.04 Å². The maximum atomic E-state index is 9.43. The second-order valence-corrected chi connectivity index (χ2v) is 10.5.